The van der Waals surface area contributed by atoms with Crippen molar-refractivity contribution in [3.63, 3.8) is 0 Å². The molecule has 0 bridgehead atoms. The standard InChI is InChI=1S/C17H24N2O3S/c1-11(15-7-4-8-23-15)18-16(20)10-19-13-6-3-2-5-12(13)9-14(19)17(21)22/h4,7-8,11-14H,2-3,5-6,9-10H2,1H3,(H,18,20)(H,21,22)/t11-,12-,13-,14-/m0/s1. The lowest BCUT2D eigenvalue weighted by Gasteiger charge is -2.32. The van der Waals surface area contributed by atoms with E-state index in [0.717, 1.165) is 24.1 Å². The molecule has 1 aliphatic heterocycles. The van der Waals surface area contributed by atoms with Crippen LogP contribution in [0.1, 0.15) is 49.9 Å². The summed E-state index contributed by atoms with van der Waals surface area (Å²) in [6, 6.07) is 3.69. The van der Waals surface area contributed by atoms with Crippen LogP contribution in [0.15, 0.2) is 17.5 Å². The van der Waals surface area contributed by atoms with Crippen LogP contribution in [0.3, 0.4) is 0 Å². The van der Waals surface area contributed by atoms with Crippen molar-refractivity contribution < 1.29 is 14.7 Å². The molecule has 2 heterocycles. The van der Waals surface area contributed by atoms with Crippen molar-refractivity contribution >= 4 is 23.2 Å². The van der Waals surface area contributed by atoms with E-state index in [4.69, 9.17) is 0 Å². The lowest BCUT2D eigenvalue weighted by Crippen LogP contribution is -2.47. The number of nitrogens with one attached hydrogen (secondary N) is 1. The predicted molar refractivity (Wildman–Crippen MR) is 89.4 cm³/mol. The summed E-state index contributed by atoms with van der Waals surface area (Å²) in [5.41, 5.74) is 0. The molecule has 0 aromatic carbocycles. The van der Waals surface area contributed by atoms with Crippen LogP contribution in [0.2, 0.25) is 0 Å². The minimum atomic E-state index is -0.793. The van der Waals surface area contributed by atoms with Crippen molar-refractivity contribution in [2.45, 2.75) is 57.2 Å². The molecular formula is C17H24N2O3S. The molecule has 2 fully saturated rings. The zero-order chi connectivity index (χ0) is 16.4. The molecule has 1 saturated heterocycles. The van der Waals surface area contributed by atoms with Gasteiger partial charge in [0.2, 0.25) is 5.91 Å². The molecule has 1 saturated carbocycles. The van der Waals surface area contributed by atoms with Gasteiger partial charge in [-0.05, 0) is 43.6 Å². The highest BCUT2D eigenvalue weighted by Crippen LogP contribution is 2.39. The van der Waals surface area contributed by atoms with E-state index in [0.29, 0.717) is 12.3 Å². The Morgan fingerprint density at radius 2 is 2.22 bits per heavy atom. The SMILES string of the molecule is C[C@H](NC(=O)CN1[C@H](C(=O)O)C[C@@H]2CCCC[C@@H]21)c1cccs1. The molecule has 2 N–H and O–H groups in total. The average molecular weight is 336 g/mol. The van der Waals surface area contributed by atoms with Crippen molar-refractivity contribution in [1.29, 1.82) is 0 Å². The van der Waals surface area contributed by atoms with Crippen LogP contribution in [0.5, 0.6) is 0 Å². The highest BCUT2D eigenvalue weighted by Gasteiger charge is 2.45. The third-order valence-electron chi connectivity index (χ3n) is 5.18. The van der Waals surface area contributed by atoms with Gasteiger partial charge in [0.05, 0.1) is 12.6 Å². The Balaban J connectivity index is 1.64. The number of fused-ring (bicyclic) bond motifs is 1. The largest absolute Gasteiger partial charge is 0.480 e. The topological polar surface area (TPSA) is 69.6 Å². The minimum Gasteiger partial charge on any atom is -0.480 e. The monoisotopic (exact) mass is 336 g/mol. The smallest absolute Gasteiger partial charge is 0.320 e. The zero-order valence-electron chi connectivity index (χ0n) is 13.4. The van der Waals surface area contributed by atoms with Gasteiger partial charge in [-0.3, -0.25) is 14.5 Å². The Bertz CT molecular complexity index is 560. The molecule has 0 radical (unpaired) electrons. The molecule has 1 aliphatic carbocycles. The van der Waals surface area contributed by atoms with E-state index in [9.17, 15) is 14.7 Å². The van der Waals surface area contributed by atoms with E-state index in [-0.39, 0.29) is 24.5 Å². The summed E-state index contributed by atoms with van der Waals surface area (Å²) < 4.78 is 0. The molecule has 3 rings (SSSR count). The van der Waals surface area contributed by atoms with Crippen LogP contribution in [-0.2, 0) is 9.59 Å². The Hall–Kier alpha value is -1.40. The first kappa shape index (κ1) is 16.5. The number of nitrogens with zero attached hydrogens (tertiary/aromatic N) is 1. The van der Waals surface area contributed by atoms with Gasteiger partial charge in [-0.15, -0.1) is 11.3 Å². The van der Waals surface area contributed by atoms with Crippen molar-refractivity contribution in [2.75, 3.05) is 6.54 Å². The number of aliphatic carboxylic acids is 1. The van der Waals surface area contributed by atoms with Crippen LogP contribution >= 0.6 is 11.3 Å². The van der Waals surface area contributed by atoms with Gasteiger partial charge >= 0.3 is 5.97 Å². The van der Waals surface area contributed by atoms with E-state index in [1.807, 2.05) is 29.3 Å². The number of carbonyl (C=O) groups is 2. The van der Waals surface area contributed by atoms with Gasteiger partial charge in [0.15, 0.2) is 0 Å². The van der Waals surface area contributed by atoms with Crippen molar-refractivity contribution in [1.82, 2.24) is 10.2 Å². The first-order valence-electron chi connectivity index (χ1n) is 8.37. The molecule has 2 aliphatic rings. The highest BCUT2D eigenvalue weighted by atomic mass is 32.1. The third kappa shape index (κ3) is 3.58. The average Bonchev–Trinajstić information content (AvgIpc) is 3.15. The molecule has 1 aromatic heterocycles. The second kappa shape index (κ2) is 7.01. The number of carboxylic acids is 1. The van der Waals surface area contributed by atoms with Crippen molar-refractivity contribution in [2.24, 2.45) is 5.92 Å². The summed E-state index contributed by atoms with van der Waals surface area (Å²) in [5, 5.41) is 14.5. The van der Waals surface area contributed by atoms with Crippen LogP contribution in [0, 0.1) is 5.92 Å². The summed E-state index contributed by atoms with van der Waals surface area (Å²) in [4.78, 5) is 27.0. The summed E-state index contributed by atoms with van der Waals surface area (Å²) in [6.07, 6.45) is 5.12. The van der Waals surface area contributed by atoms with Crippen LogP contribution in [-0.4, -0.2) is 40.5 Å². The molecular weight excluding hydrogens is 312 g/mol. The number of carboxylic acid groups (broad SMARTS) is 1. The Kier molecular flexibility index (Phi) is 5.02. The fourth-order valence-corrected chi connectivity index (χ4v) is 4.82. The van der Waals surface area contributed by atoms with Gasteiger partial charge in [-0.25, -0.2) is 0 Å². The fourth-order valence-electron chi connectivity index (χ4n) is 4.08. The number of rotatable bonds is 5. The lowest BCUT2D eigenvalue weighted by molar-refractivity contribution is -0.143. The highest BCUT2D eigenvalue weighted by molar-refractivity contribution is 7.10. The molecule has 5 nitrogen and oxygen atoms in total. The number of likely N-dealkylation sites (tertiary alicyclic amines) is 1. The molecule has 4 atom stereocenters. The lowest BCUT2D eigenvalue weighted by atomic mass is 9.85. The first-order chi connectivity index (χ1) is 11.1. The number of hydrogen-bond acceptors (Lipinski definition) is 4. The molecule has 1 aromatic rings. The maximum atomic E-state index is 12.4. The van der Waals surface area contributed by atoms with Gasteiger partial charge in [-0.1, -0.05) is 18.9 Å². The van der Waals surface area contributed by atoms with Crippen molar-refractivity contribution in [3.05, 3.63) is 22.4 Å². The van der Waals surface area contributed by atoms with Crippen LogP contribution in [0.4, 0.5) is 0 Å². The fraction of sp³-hybridized carbons (Fsp3) is 0.647. The second-order valence-corrected chi connectivity index (χ2v) is 7.66. The summed E-state index contributed by atoms with van der Waals surface area (Å²) in [7, 11) is 0. The summed E-state index contributed by atoms with van der Waals surface area (Å²) >= 11 is 1.62. The Morgan fingerprint density at radius 3 is 2.91 bits per heavy atom. The van der Waals surface area contributed by atoms with E-state index in [2.05, 4.69) is 5.32 Å². The Labute approximate surface area is 140 Å². The van der Waals surface area contributed by atoms with E-state index >= 15 is 0 Å². The van der Waals surface area contributed by atoms with Crippen LogP contribution < -0.4 is 5.32 Å². The molecule has 0 spiro atoms. The normalized spacial score (nSPS) is 29.0. The maximum absolute atomic E-state index is 12.4. The Morgan fingerprint density at radius 1 is 1.43 bits per heavy atom. The van der Waals surface area contributed by atoms with E-state index in [1.165, 1.54) is 6.42 Å². The number of thiophene rings is 1. The minimum absolute atomic E-state index is 0.0319. The zero-order valence-corrected chi connectivity index (χ0v) is 14.2. The van der Waals surface area contributed by atoms with Gasteiger partial charge < -0.3 is 10.4 Å². The number of hydrogen-bond donors (Lipinski definition) is 2. The molecule has 23 heavy (non-hydrogen) atoms. The molecule has 0 unspecified atom stereocenters. The quantitative estimate of drug-likeness (QED) is 0.867. The summed E-state index contributed by atoms with van der Waals surface area (Å²) in [6.45, 7) is 2.15. The van der Waals surface area contributed by atoms with E-state index < -0.39 is 12.0 Å². The van der Waals surface area contributed by atoms with E-state index in [1.54, 1.807) is 11.3 Å². The first-order valence-corrected chi connectivity index (χ1v) is 9.25. The molecule has 1 amide bonds. The van der Waals surface area contributed by atoms with Gasteiger partial charge in [0, 0.05) is 10.9 Å². The number of carbonyl (C=O) groups excluding carboxylic acids is 1. The van der Waals surface area contributed by atoms with Gasteiger partial charge in [0.25, 0.3) is 0 Å². The molecule has 126 valence electrons. The summed E-state index contributed by atoms with van der Waals surface area (Å²) in [5.74, 6) is -0.436. The number of amides is 1. The predicted octanol–water partition coefficient (Wildman–Crippen LogP) is 2.64. The van der Waals surface area contributed by atoms with Gasteiger partial charge in [0.1, 0.15) is 6.04 Å². The van der Waals surface area contributed by atoms with Crippen LogP contribution in [0.25, 0.3) is 0 Å². The molecule has 6 heteroatoms. The second-order valence-electron chi connectivity index (χ2n) is 6.68. The van der Waals surface area contributed by atoms with Gasteiger partial charge in [-0.2, -0.15) is 0 Å². The van der Waals surface area contributed by atoms with Crippen molar-refractivity contribution in [3.8, 4) is 0 Å². The maximum Gasteiger partial charge on any atom is 0.320 e. The third-order valence-corrected chi connectivity index (χ3v) is 6.23.